The van der Waals surface area contributed by atoms with Gasteiger partial charge in [-0.1, -0.05) is 35.7 Å². The number of hydrogen-bond acceptors (Lipinski definition) is 4. The van der Waals surface area contributed by atoms with Crippen LogP contribution in [0.1, 0.15) is 36.0 Å². The standard InChI is InChI=1S/C22H27ClN2O4S/c1-15-11-16(2)22(17(3)12-15)24-21(26)14-29-20-8-7-18(13-19(20)23)30(27,28)25-9-5-4-6-10-25/h7-8,11-13H,4-6,9-10,14H2,1-3H3,(H,24,26). The molecule has 0 saturated carbocycles. The van der Waals surface area contributed by atoms with E-state index in [-0.39, 0.29) is 28.2 Å². The predicted molar refractivity (Wildman–Crippen MR) is 119 cm³/mol. The lowest BCUT2D eigenvalue weighted by Crippen LogP contribution is -2.35. The molecule has 3 rings (SSSR count). The van der Waals surface area contributed by atoms with Gasteiger partial charge in [-0.15, -0.1) is 0 Å². The Balaban J connectivity index is 1.66. The molecule has 1 amide bonds. The van der Waals surface area contributed by atoms with Gasteiger partial charge in [-0.3, -0.25) is 4.79 Å². The van der Waals surface area contributed by atoms with Crippen molar-refractivity contribution in [1.29, 1.82) is 0 Å². The van der Waals surface area contributed by atoms with Crippen LogP contribution in [0.4, 0.5) is 5.69 Å². The van der Waals surface area contributed by atoms with Crippen LogP contribution < -0.4 is 10.1 Å². The molecule has 0 atom stereocenters. The van der Waals surface area contributed by atoms with Crippen LogP contribution in [-0.4, -0.2) is 38.3 Å². The molecule has 0 radical (unpaired) electrons. The van der Waals surface area contributed by atoms with Crippen molar-refractivity contribution in [2.75, 3.05) is 25.0 Å². The van der Waals surface area contributed by atoms with Crippen LogP contribution in [0.15, 0.2) is 35.2 Å². The topological polar surface area (TPSA) is 75.7 Å². The average molecular weight is 451 g/mol. The van der Waals surface area contributed by atoms with Crippen LogP contribution in [0.3, 0.4) is 0 Å². The Hall–Kier alpha value is -2.09. The molecular weight excluding hydrogens is 424 g/mol. The van der Waals surface area contributed by atoms with Crippen LogP contribution in [0.2, 0.25) is 5.02 Å². The number of ether oxygens (including phenoxy) is 1. The summed E-state index contributed by atoms with van der Waals surface area (Å²) in [4.78, 5) is 12.5. The lowest BCUT2D eigenvalue weighted by atomic mass is 10.1. The molecule has 1 heterocycles. The molecule has 30 heavy (non-hydrogen) atoms. The van der Waals surface area contributed by atoms with Crippen molar-refractivity contribution in [2.45, 2.75) is 44.9 Å². The summed E-state index contributed by atoms with van der Waals surface area (Å²) in [5.74, 6) is -0.0482. The van der Waals surface area contributed by atoms with Gasteiger partial charge in [-0.25, -0.2) is 8.42 Å². The molecule has 1 saturated heterocycles. The summed E-state index contributed by atoms with van der Waals surface area (Å²) in [5.41, 5.74) is 3.85. The first-order chi connectivity index (χ1) is 14.2. The number of carbonyl (C=O) groups is 1. The highest BCUT2D eigenvalue weighted by atomic mass is 35.5. The lowest BCUT2D eigenvalue weighted by molar-refractivity contribution is -0.118. The second-order valence-corrected chi connectivity index (χ2v) is 10.0. The highest BCUT2D eigenvalue weighted by Crippen LogP contribution is 2.30. The van der Waals surface area contributed by atoms with Gasteiger partial charge in [0.15, 0.2) is 6.61 Å². The van der Waals surface area contributed by atoms with Crippen LogP contribution in [-0.2, 0) is 14.8 Å². The van der Waals surface area contributed by atoms with Gasteiger partial charge in [0.1, 0.15) is 5.75 Å². The summed E-state index contributed by atoms with van der Waals surface area (Å²) in [6, 6.07) is 8.35. The SMILES string of the molecule is Cc1cc(C)c(NC(=O)COc2ccc(S(=O)(=O)N3CCCCC3)cc2Cl)c(C)c1. The van der Waals surface area contributed by atoms with Crippen molar-refractivity contribution in [1.82, 2.24) is 4.31 Å². The minimum atomic E-state index is -3.57. The summed E-state index contributed by atoms with van der Waals surface area (Å²) in [6.45, 7) is 6.70. The molecule has 6 nitrogen and oxygen atoms in total. The molecule has 1 fully saturated rings. The molecule has 1 aliphatic rings. The Morgan fingerprint density at radius 3 is 2.30 bits per heavy atom. The highest BCUT2D eigenvalue weighted by molar-refractivity contribution is 7.89. The normalized spacial score (nSPS) is 15.1. The third kappa shape index (κ3) is 5.14. The number of halogens is 1. The van der Waals surface area contributed by atoms with E-state index < -0.39 is 10.0 Å². The fraction of sp³-hybridized carbons (Fsp3) is 0.409. The van der Waals surface area contributed by atoms with Gasteiger partial charge in [0, 0.05) is 18.8 Å². The van der Waals surface area contributed by atoms with Gasteiger partial charge in [0.2, 0.25) is 10.0 Å². The minimum absolute atomic E-state index is 0.136. The van der Waals surface area contributed by atoms with Crippen LogP contribution in [0, 0.1) is 20.8 Å². The highest BCUT2D eigenvalue weighted by Gasteiger charge is 2.26. The van der Waals surface area contributed by atoms with Crippen LogP contribution in [0.5, 0.6) is 5.75 Å². The Bertz CT molecular complexity index is 1020. The molecule has 2 aromatic carbocycles. The Kier molecular flexibility index (Phi) is 7.06. The molecule has 8 heteroatoms. The smallest absolute Gasteiger partial charge is 0.262 e. The van der Waals surface area contributed by atoms with E-state index in [1.807, 2.05) is 32.9 Å². The number of amides is 1. The van der Waals surface area contributed by atoms with Crippen LogP contribution >= 0.6 is 11.6 Å². The van der Waals surface area contributed by atoms with Gasteiger partial charge in [-0.05, 0) is 62.9 Å². The minimum Gasteiger partial charge on any atom is -0.482 e. The second-order valence-electron chi connectivity index (χ2n) is 7.67. The third-order valence-corrected chi connectivity index (χ3v) is 7.35. The second kappa shape index (κ2) is 9.37. The van der Waals surface area contributed by atoms with Gasteiger partial charge in [0.25, 0.3) is 5.91 Å². The molecule has 0 aromatic heterocycles. The Labute approximate surface area is 183 Å². The van der Waals surface area contributed by atoms with E-state index in [1.165, 1.54) is 22.5 Å². The first kappa shape index (κ1) is 22.6. The number of nitrogens with one attached hydrogen (secondary N) is 1. The number of sulfonamides is 1. The number of nitrogens with zero attached hydrogens (tertiary/aromatic N) is 1. The monoisotopic (exact) mass is 450 g/mol. The van der Waals surface area contributed by atoms with Crippen molar-refractivity contribution >= 4 is 33.2 Å². The molecule has 2 aromatic rings. The molecule has 162 valence electrons. The van der Waals surface area contributed by atoms with Gasteiger partial charge < -0.3 is 10.1 Å². The number of anilines is 1. The molecule has 0 spiro atoms. The quantitative estimate of drug-likeness (QED) is 0.705. The van der Waals surface area contributed by atoms with E-state index in [0.717, 1.165) is 41.6 Å². The zero-order valence-electron chi connectivity index (χ0n) is 17.5. The zero-order chi connectivity index (χ0) is 21.9. The third-order valence-electron chi connectivity index (χ3n) is 5.16. The van der Waals surface area contributed by atoms with Gasteiger partial charge in [0.05, 0.1) is 9.92 Å². The average Bonchev–Trinajstić information content (AvgIpc) is 2.70. The summed E-state index contributed by atoms with van der Waals surface area (Å²) in [6.07, 6.45) is 2.77. The number of hydrogen-bond donors (Lipinski definition) is 1. The van der Waals surface area contributed by atoms with E-state index in [9.17, 15) is 13.2 Å². The van der Waals surface area contributed by atoms with Crippen molar-refractivity contribution in [2.24, 2.45) is 0 Å². The summed E-state index contributed by atoms with van der Waals surface area (Å²) >= 11 is 6.25. The van der Waals surface area contributed by atoms with E-state index in [4.69, 9.17) is 16.3 Å². The molecule has 0 aliphatic carbocycles. The van der Waals surface area contributed by atoms with E-state index in [1.54, 1.807) is 0 Å². The van der Waals surface area contributed by atoms with E-state index >= 15 is 0 Å². The maximum atomic E-state index is 12.8. The van der Waals surface area contributed by atoms with Crippen molar-refractivity contribution in [3.8, 4) is 5.75 Å². The van der Waals surface area contributed by atoms with Crippen molar-refractivity contribution in [3.63, 3.8) is 0 Å². The zero-order valence-corrected chi connectivity index (χ0v) is 19.1. The van der Waals surface area contributed by atoms with Crippen molar-refractivity contribution < 1.29 is 17.9 Å². The van der Waals surface area contributed by atoms with Gasteiger partial charge in [-0.2, -0.15) is 4.31 Å². The summed E-state index contributed by atoms with van der Waals surface area (Å²) in [5, 5.41) is 3.02. The molecular formula is C22H27ClN2O4S. The largest absolute Gasteiger partial charge is 0.482 e. The lowest BCUT2D eigenvalue weighted by Gasteiger charge is -2.26. The fourth-order valence-electron chi connectivity index (χ4n) is 3.71. The van der Waals surface area contributed by atoms with E-state index in [0.29, 0.717) is 13.1 Å². The number of rotatable bonds is 6. The molecule has 1 aliphatic heterocycles. The molecule has 0 unspecified atom stereocenters. The van der Waals surface area contributed by atoms with E-state index in [2.05, 4.69) is 5.32 Å². The maximum Gasteiger partial charge on any atom is 0.262 e. The fourth-order valence-corrected chi connectivity index (χ4v) is 5.55. The number of aryl methyl sites for hydroxylation is 3. The summed E-state index contributed by atoms with van der Waals surface area (Å²) < 4.78 is 32.6. The van der Waals surface area contributed by atoms with Crippen molar-refractivity contribution in [3.05, 3.63) is 52.0 Å². The van der Waals surface area contributed by atoms with Crippen LogP contribution in [0.25, 0.3) is 0 Å². The number of carbonyl (C=O) groups excluding carboxylic acids is 1. The molecule has 0 bridgehead atoms. The Morgan fingerprint density at radius 1 is 1.07 bits per heavy atom. The van der Waals surface area contributed by atoms with Gasteiger partial charge >= 0.3 is 0 Å². The first-order valence-corrected chi connectivity index (χ1v) is 11.8. The number of piperidine rings is 1. The molecule has 1 N–H and O–H groups in total. The summed E-state index contributed by atoms with van der Waals surface area (Å²) in [7, 11) is -3.57. The number of benzene rings is 2. The maximum absolute atomic E-state index is 12.8. The Morgan fingerprint density at radius 2 is 1.70 bits per heavy atom. The first-order valence-electron chi connectivity index (χ1n) is 9.98. The predicted octanol–water partition coefficient (Wildman–Crippen LogP) is 4.46.